The Balaban J connectivity index is 1.93. The molecule has 0 aromatic heterocycles. The summed E-state index contributed by atoms with van der Waals surface area (Å²) in [5.74, 6) is 0.995. The van der Waals surface area contributed by atoms with E-state index in [1.54, 1.807) is 0 Å². The van der Waals surface area contributed by atoms with Gasteiger partial charge in [-0.1, -0.05) is 40.2 Å². The molecule has 2 aromatic rings. The first-order valence-corrected chi connectivity index (χ1v) is 7.55. The Morgan fingerprint density at radius 2 is 2.00 bits per heavy atom. The number of halogens is 2. The van der Waals surface area contributed by atoms with Gasteiger partial charge in [-0.05, 0) is 41.8 Å². The second kappa shape index (κ2) is 5.18. The van der Waals surface area contributed by atoms with Gasteiger partial charge in [0, 0.05) is 10.9 Å². The molecule has 1 aliphatic rings. The van der Waals surface area contributed by atoms with Crippen molar-refractivity contribution in [1.82, 2.24) is 0 Å². The molecule has 0 fully saturated rings. The van der Waals surface area contributed by atoms with Crippen molar-refractivity contribution in [2.45, 2.75) is 24.8 Å². The van der Waals surface area contributed by atoms with E-state index in [9.17, 15) is 0 Å². The highest BCUT2D eigenvalue weighted by Gasteiger charge is 2.21. The van der Waals surface area contributed by atoms with Crippen LogP contribution in [-0.4, -0.2) is 6.10 Å². The van der Waals surface area contributed by atoms with Crippen LogP contribution in [0.4, 0.5) is 0 Å². The smallest absolute Gasteiger partial charge is 0.123 e. The van der Waals surface area contributed by atoms with Crippen LogP contribution < -0.4 is 4.74 Å². The van der Waals surface area contributed by atoms with Crippen LogP contribution in [-0.2, 0) is 6.42 Å². The van der Waals surface area contributed by atoms with Crippen LogP contribution >= 0.6 is 27.5 Å². The van der Waals surface area contributed by atoms with Gasteiger partial charge in [-0.3, -0.25) is 0 Å². The molecule has 3 heteroatoms. The number of fused-ring (bicyclic) bond motifs is 1. The molecule has 0 aliphatic carbocycles. The maximum absolute atomic E-state index is 6.58. The summed E-state index contributed by atoms with van der Waals surface area (Å²) in [6.07, 6.45) is 1.23. The van der Waals surface area contributed by atoms with Crippen LogP contribution in [0.15, 0.2) is 46.9 Å². The average Bonchev–Trinajstić information content (AvgIpc) is 2.76. The predicted octanol–water partition coefficient (Wildman–Crippen LogP) is 5.10. The third-order valence-electron chi connectivity index (χ3n) is 3.35. The summed E-state index contributed by atoms with van der Waals surface area (Å²) in [4.78, 5) is 0. The lowest BCUT2D eigenvalue weighted by Crippen LogP contribution is -2.05. The monoisotopic (exact) mass is 336 g/mol. The second-order valence-electron chi connectivity index (χ2n) is 4.92. The van der Waals surface area contributed by atoms with Gasteiger partial charge in [0.2, 0.25) is 0 Å². The minimum atomic E-state index is -0.126. The molecular formula is C16H14BrClO. The molecule has 2 aromatic carbocycles. The summed E-state index contributed by atoms with van der Waals surface area (Å²) in [6.45, 7) is 2.09. The predicted molar refractivity (Wildman–Crippen MR) is 82.1 cm³/mol. The lowest BCUT2D eigenvalue weighted by molar-refractivity contribution is 0.254. The Hall–Kier alpha value is -0.990. The van der Waals surface area contributed by atoms with E-state index in [1.807, 2.05) is 18.2 Å². The van der Waals surface area contributed by atoms with E-state index in [0.717, 1.165) is 27.8 Å². The fourth-order valence-corrected chi connectivity index (χ4v) is 3.14. The maximum atomic E-state index is 6.58. The molecule has 0 spiro atoms. The van der Waals surface area contributed by atoms with Gasteiger partial charge in [0.25, 0.3) is 0 Å². The zero-order valence-electron chi connectivity index (χ0n) is 10.6. The highest BCUT2D eigenvalue weighted by atomic mass is 79.9. The summed E-state index contributed by atoms with van der Waals surface area (Å²) in [6, 6.07) is 14.4. The van der Waals surface area contributed by atoms with E-state index in [2.05, 4.69) is 47.1 Å². The third-order valence-corrected chi connectivity index (χ3v) is 4.35. The Morgan fingerprint density at radius 1 is 1.21 bits per heavy atom. The molecule has 0 saturated carbocycles. The fraction of sp³-hybridized carbons (Fsp3) is 0.250. The minimum absolute atomic E-state index is 0.126. The number of benzene rings is 2. The number of hydrogen-bond donors (Lipinski definition) is 0. The first-order chi connectivity index (χ1) is 9.13. The lowest BCUT2D eigenvalue weighted by Gasteiger charge is -2.12. The normalized spacial score (nSPS) is 18.8. The van der Waals surface area contributed by atoms with Gasteiger partial charge in [-0.15, -0.1) is 11.6 Å². The molecule has 0 saturated heterocycles. The molecule has 98 valence electrons. The Kier molecular flexibility index (Phi) is 3.55. The first-order valence-electron chi connectivity index (χ1n) is 6.32. The molecule has 19 heavy (non-hydrogen) atoms. The van der Waals surface area contributed by atoms with Crippen LogP contribution in [0.1, 0.15) is 29.0 Å². The topological polar surface area (TPSA) is 9.23 Å². The van der Waals surface area contributed by atoms with Crippen molar-refractivity contribution in [3.05, 3.63) is 63.6 Å². The van der Waals surface area contributed by atoms with Gasteiger partial charge in [0.15, 0.2) is 0 Å². The highest BCUT2D eigenvalue weighted by Crippen LogP contribution is 2.35. The van der Waals surface area contributed by atoms with E-state index in [-0.39, 0.29) is 11.5 Å². The van der Waals surface area contributed by atoms with Crippen LogP contribution in [0.2, 0.25) is 0 Å². The quantitative estimate of drug-likeness (QED) is 0.693. The molecule has 0 amide bonds. The summed E-state index contributed by atoms with van der Waals surface area (Å²) >= 11 is 10.1. The van der Waals surface area contributed by atoms with Gasteiger partial charge in [-0.2, -0.15) is 0 Å². The van der Waals surface area contributed by atoms with Crippen molar-refractivity contribution in [2.24, 2.45) is 0 Å². The van der Waals surface area contributed by atoms with Crippen LogP contribution in [0.5, 0.6) is 5.75 Å². The highest BCUT2D eigenvalue weighted by molar-refractivity contribution is 9.10. The molecule has 0 N–H and O–H groups in total. The molecule has 3 rings (SSSR count). The molecule has 1 aliphatic heterocycles. The second-order valence-corrected chi connectivity index (χ2v) is 6.27. The summed E-state index contributed by atoms with van der Waals surface area (Å²) in [7, 11) is 0. The third kappa shape index (κ3) is 2.65. The zero-order chi connectivity index (χ0) is 13.4. The standard InChI is InChI=1S/C16H14BrClO/c1-10-7-13-8-12(5-6-15(13)19-10)16(18)11-3-2-4-14(17)9-11/h2-6,8-10,16H,7H2,1H3. The van der Waals surface area contributed by atoms with Gasteiger partial charge >= 0.3 is 0 Å². The minimum Gasteiger partial charge on any atom is -0.490 e. The van der Waals surface area contributed by atoms with E-state index in [1.165, 1.54) is 5.56 Å². The SMILES string of the molecule is CC1Cc2cc(C(Cl)c3cccc(Br)c3)ccc2O1. The summed E-state index contributed by atoms with van der Waals surface area (Å²) in [5, 5.41) is -0.126. The summed E-state index contributed by atoms with van der Waals surface area (Å²) in [5.41, 5.74) is 3.48. The van der Waals surface area contributed by atoms with E-state index in [0.29, 0.717) is 0 Å². The van der Waals surface area contributed by atoms with Crippen LogP contribution in [0, 0.1) is 0 Å². The lowest BCUT2D eigenvalue weighted by atomic mass is 10.0. The van der Waals surface area contributed by atoms with E-state index in [4.69, 9.17) is 16.3 Å². The van der Waals surface area contributed by atoms with Crippen LogP contribution in [0.25, 0.3) is 0 Å². The molecular weight excluding hydrogens is 324 g/mol. The molecule has 0 bridgehead atoms. The molecule has 2 unspecified atom stereocenters. The van der Waals surface area contributed by atoms with Crippen molar-refractivity contribution < 1.29 is 4.74 Å². The number of alkyl halides is 1. The van der Waals surface area contributed by atoms with Crippen molar-refractivity contribution in [1.29, 1.82) is 0 Å². The van der Waals surface area contributed by atoms with Gasteiger partial charge in [-0.25, -0.2) is 0 Å². The Morgan fingerprint density at radius 3 is 2.79 bits per heavy atom. The molecule has 1 heterocycles. The zero-order valence-corrected chi connectivity index (χ0v) is 12.9. The van der Waals surface area contributed by atoms with Crippen molar-refractivity contribution in [3.63, 3.8) is 0 Å². The first kappa shape index (κ1) is 13.0. The largest absolute Gasteiger partial charge is 0.490 e. The van der Waals surface area contributed by atoms with Gasteiger partial charge in [0.05, 0.1) is 5.38 Å². The van der Waals surface area contributed by atoms with Gasteiger partial charge < -0.3 is 4.74 Å². The number of rotatable bonds is 2. The fourth-order valence-electron chi connectivity index (χ4n) is 2.46. The average molecular weight is 338 g/mol. The van der Waals surface area contributed by atoms with Crippen molar-refractivity contribution in [3.8, 4) is 5.75 Å². The van der Waals surface area contributed by atoms with Crippen molar-refractivity contribution in [2.75, 3.05) is 0 Å². The molecule has 2 atom stereocenters. The summed E-state index contributed by atoms with van der Waals surface area (Å²) < 4.78 is 6.77. The van der Waals surface area contributed by atoms with Crippen molar-refractivity contribution >= 4 is 27.5 Å². The van der Waals surface area contributed by atoms with E-state index < -0.39 is 0 Å². The number of ether oxygens (including phenoxy) is 1. The van der Waals surface area contributed by atoms with Crippen LogP contribution in [0.3, 0.4) is 0 Å². The Labute approximate surface area is 126 Å². The number of hydrogen-bond acceptors (Lipinski definition) is 1. The van der Waals surface area contributed by atoms with Gasteiger partial charge in [0.1, 0.15) is 11.9 Å². The maximum Gasteiger partial charge on any atom is 0.123 e. The Bertz CT molecular complexity index is 611. The molecule has 0 radical (unpaired) electrons. The molecule has 1 nitrogen and oxygen atoms in total. The van der Waals surface area contributed by atoms with E-state index >= 15 is 0 Å².